The number of halogens is 3. The number of hydrogen-bond donors (Lipinski definition) is 2. The van der Waals surface area contributed by atoms with Crippen LogP contribution in [-0.4, -0.2) is 24.6 Å². The zero-order valence-electron chi connectivity index (χ0n) is 8.89. The zero-order valence-corrected chi connectivity index (χ0v) is 11.3. The Bertz CT molecular complexity index is 276. The molecule has 0 spiro atoms. The molecule has 0 bridgehead atoms. The summed E-state index contributed by atoms with van der Waals surface area (Å²) < 4.78 is 0. The van der Waals surface area contributed by atoms with Crippen molar-refractivity contribution in [2.45, 2.75) is 11.8 Å². The van der Waals surface area contributed by atoms with Gasteiger partial charge in [0.1, 0.15) is 0 Å². The zero-order chi connectivity index (χ0) is 9.15. The van der Waals surface area contributed by atoms with Crippen molar-refractivity contribution < 1.29 is 0 Å². The van der Waals surface area contributed by atoms with Gasteiger partial charge in [0.25, 0.3) is 0 Å². The van der Waals surface area contributed by atoms with Crippen molar-refractivity contribution in [3.63, 3.8) is 0 Å². The van der Waals surface area contributed by atoms with Crippen LogP contribution in [0.3, 0.4) is 0 Å². The molecule has 94 valence electrons. The maximum atomic E-state index is 5.83. The van der Waals surface area contributed by atoms with Crippen LogP contribution in [-0.2, 0) is 5.41 Å². The Kier molecular flexibility index (Phi) is 9.26. The van der Waals surface area contributed by atoms with Gasteiger partial charge >= 0.3 is 0 Å². The third kappa shape index (κ3) is 3.47. The maximum Gasteiger partial charge on any atom is 0.0306 e. The minimum atomic E-state index is 0. The highest BCUT2D eigenvalue weighted by Gasteiger charge is 2.34. The minimum absolute atomic E-state index is 0. The Morgan fingerprint density at radius 2 is 2.12 bits per heavy atom. The number of rotatable bonds is 2. The van der Waals surface area contributed by atoms with E-state index in [2.05, 4.69) is 16.4 Å². The predicted octanol–water partition coefficient (Wildman–Crippen LogP) is 1.54. The normalized spacial score (nSPS) is 22.6. The second-order valence-electron chi connectivity index (χ2n) is 3.65. The molecule has 1 aromatic heterocycles. The van der Waals surface area contributed by atoms with E-state index in [0.29, 0.717) is 6.54 Å². The van der Waals surface area contributed by atoms with E-state index in [0.717, 1.165) is 19.5 Å². The van der Waals surface area contributed by atoms with Crippen molar-refractivity contribution in [2.24, 2.45) is 5.73 Å². The molecule has 0 aromatic carbocycles. The number of hydrogen-bond acceptors (Lipinski definition) is 3. The molecule has 16 heavy (non-hydrogen) atoms. The third-order valence-corrected chi connectivity index (χ3v) is 2.91. The summed E-state index contributed by atoms with van der Waals surface area (Å²) in [5.41, 5.74) is 7.23. The lowest BCUT2D eigenvalue weighted by Gasteiger charge is -2.26. The number of nitrogens with one attached hydrogen (secondary N) is 1. The van der Waals surface area contributed by atoms with E-state index < -0.39 is 0 Å². The first-order valence-corrected chi connectivity index (χ1v) is 4.69. The number of pyridine rings is 1. The third-order valence-electron chi connectivity index (χ3n) is 2.91. The molecular weight excluding hydrogens is 268 g/mol. The molecule has 3 N–H and O–H groups in total. The lowest BCUT2D eigenvalue weighted by molar-refractivity contribution is 0.481. The van der Waals surface area contributed by atoms with Gasteiger partial charge in [0.05, 0.1) is 0 Å². The van der Waals surface area contributed by atoms with E-state index in [-0.39, 0.29) is 42.6 Å². The Morgan fingerprint density at radius 1 is 1.38 bits per heavy atom. The van der Waals surface area contributed by atoms with Crippen molar-refractivity contribution >= 4 is 37.2 Å². The highest BCUT2D eigenvalue weighted by molar-refractivity contribution is 5.86. The molecule has 1 unspecified atom stereocenters. The molecule has 1 fully saturated rings. The summed E-state index contributed by atoms with van der Waals surface area (Å²) in [5.74, 6) is 0. The van der Waals surface area contributed by atoms with Crippen LogP contribution in [0.4, 0.5) is 0 Å². The van der Waals surface area contributed by atoms with Gasteiger partial charge in [-0.05, 0) is 24.6 Å². The average Bonchev–Trinajstić information content (AvgIpc) is 2.69. The molecule has 1 atom stereocenters. The van der Waals surface area contributed by atoms with Crippen molar-refractivity contribution in [1.82, 2.24) is 10.3 Å². The smallest absolute Gasteiger partial charge is 0.0306 e. The monoisotopic (exact) mass is 285 g/mol. The highest BCUT2D eigenvalue weighted by atomic mass is 35.5. The number of nitrogens with zero attached hydrogens (tertiary/aromatic N) is 1. The lowest BCUT2D eigenvalue weighted by atomic mass is 9.81. The quantitative estimate of drug-likeness (QED) is 0.867. The Balaban J connectivity index is 0. The first-order chi connectivity index (χ1) is 6.37. The van der Waals surface area contributed by atoms with E-state index in [1.54, 1.807) is 6.20 Å². The first-order valence-electron chi connectivity index (χ1n) is 4.69. The molecule has 6 heteroatoms. The molecule has 0 aliphatic carbocycles. The molecule has 0 amide bonds. The second kappa shape index (κ2) is 8.09. The summed E-state index contributed by atoms with van der Waals surface area (Å²) in [7, 11) is 0. The van der Waals surface area contributed by atoms with Gasteiger partial charge < -0.3 is 11.1 Å². The van der Waals surface area contributed by atoms with E-state index in [1.165, 1.54) is 5.56 Å². The van der Waals surface area contributed by atoms with E-state index in [1.807, 2.05) is 12.3 Å². The van der Waals surface area contributed by atoms with E-state index >= 15 is 0 Å². The lowest BCUT2D eigenvalue weighted by Crippen LogP contribution is -2.37. The van der Waals surface area contributed by atoms with Crippen LogP contribution in [0.25, 0.3) is 0 Å². The minimum Gasteiger partial charge on any atom is -0.330 e. The first kappa shape index (κ1) is 18.3. The maximum absolute atomic E-state index is 5.83. The molecule has 0 saturated carbocycles. The van der Waals surface area contributed by atoms with Gasteiger partial charge in [-0.1, -0.05) is 6.07 Å². The van der Waals surface area contributed by atoms with Crippen LogP contribution in [0, 0.1) is 0 Å². The SMILES string of the molecule is Cl.Cl.Cl.NCC1(c2cccnc2)CCNC1. The summed E-state index contributed by atoms with van der Waals surface area (Å²) in [6.45, 7) is 2.74. The van der Waals surface area contributed by atoms with Gasteiger partial charge in [-0.2, -0.15) is 0 Å². The van der Waals surface area contributed by atoms with Crippen LogP contribution in [0.5, 0.6) is 0 Å². The molecular formula is C10H18Cl3N3. The van der Waals surface area contributed by atoms with Gasteiger partial charge in [-0.15, -0.1) is 37.2 Å². The molecule has 3 nitrogen and oxygen atoms in total. The summed E-state index contributed by atoms with van der Waals surface area (Å²) in [5, 5.41) is 3.35. The fraction of sp³-hybridized carbons (Fsp3) is 0.500. The number of aromatic nitrogens is 1. The Morgan fingerprint density at radius 3 is 2.56 bits per heavy atom. The van der Waals surface area contributed by atoms with Crippen LogP contribution in [0.2, 0.25) is 0 Å². The van der Waals surface area contributed by atoms with Gasteiger partial charge in [0.15, 0.2) is 0 Å². The van der Waals surface area contributed by atoms with Crippen molar-refractivity contribution in [3.8, 4) is 0 Å². The standard InChI is InChI=1S/C10H15N3.3ClH/c11-7-10(3-5-13-8-10)9-2-1-4-12-6-9;;;/h1-2,4,6,13H,3,5,7-8,11H2;3*1H. The Labute approximate surface area is 115 Å². The van der Waals surface area contributed by atoms with Crippen LogP contribution in [0.15, 0.2) is 24.5 Å². The number of nitrogens with two attached hydrogens (primary N) is 1. The summed E-state index contributed by atoms with van der Waals surface area (Å²) >= 11 is 0. The fourth-order valence-electron chi connectivity index (χ4n) is 1.96. The summed E-state index contributed by atoms with van der Waals surface area (Å²) in [4.78, 5) is 4.14. The second-order valence-corrected chi connectivity index (χ2v) is 3.65. The molecule has 0 radical (unpaired) electrons. The molecule has 2 heterocycles. The summed E-state index contributed by atoms with van der Waals surface area (Å²) in [6.07, 6.45) is 4.85. The largest absolute Gasteiger partial charge is 0.330 e. The van der Waals surface area contributed by atoms with Crippen LogP contribution in [0.1, 0.15) is 12.0 Å². The van der Waals surface area contributed by atoms with Gasteiger partial charge in [-0.3, -0.25) is 4.98 Å². The molecule has 1 aromatic rings. The van der Waals surface area contributed by atoms with Gasteiger partial charge in [-0.25, -0.2) is 0 Å². The topological polar surface area (TPSA) is 50.9 Å². The van der Waals surface area contributed by atoms with E-state index in [9.17, 15) is 0 Å². The molecule has 2 rings (SSSR count). The van der Waals surface area contributed by atoms with Crippen LogP contribution < -0.4 is 11.1 Å². The van der Waals surface area contributed by atoms with Gasteiger partial charge in [0.2, 0.25) is 0 Å². The van der Waals surface area contributed by atoms with Crippen molar-refractivity contribution in [1.29, 1.82) is 0 Å². The summed E-state index contributed by atoms with van der Waals surface area (Å²) in [6, 6.07) is 4.10. The predicted molar refractivity (Wildman–Crippen MR) is 74.2 cm³/mol. The molecule has 1 aliphatic rings. The van der Waals surface area contributed by atoms with Gasteiger partial charge in [0, 0.05) is 30.9 Å². The van der Waals surface area contributed by atoms with Crippen molar-refractivity contribution in [2.75, 3.05) is 19.6 Å². The molecule has 1 saturated heterocycles. The fourth-order valence-corrected chi connectivity index (χ4v) is 1.96. The average molecular weight is 287 g/mol. The van der Waals surface area contributed by atoms with Crippen molar-refractivity contribution in [3.05, 3.63) is 30.1 Å². The highest BCUT2D eigenvalue weighted by Crippen LogP contribution is 2.28. The molecule has 1 aliphatic heterocycles. The van der Waals surface area contributed by atoms with E-state index in [4.69, 9.17) is 5.73 Å². The Hall–Kier alpha value is -0.0600. The van der Waals surface area contributed by atoms with Crippen LogP contribution >= 0.6 is 37.2 Å².